The first-order valence-corrected chi connectivity index (χ1v) is 9.00. The molecule has 2 nitrogen and oxygen atoms in total. The Bertz CT molecular complexity index is 386. The maximum Gasteiger partial charge on any atom is 0.303 e. The summed E-state index contributed by atoms with van der Waals surface area (Å²) in [7, 11) is 0. The Balaban J connectivity index is 2.25. The molecule has 0 radical (unpaired) electrons. The van der Waals surface area contributed by atoms with E-state index in [1.807, 2.05) is 0 Å². The number of aliphatic carboxylic acids is 1. The molecule has 0 fully saturated rings. The summed E-state index contributed by atoms with van der Waals surface area (Å²) in [6.07, 6.45) is 12.4. The molecule has 1 atom stereocenters. The van der Waals surface area contributed by atoms with Gasteiger partial charge in [-0.25, -0.2) is 0 Å². The van der Waals surface area contributed by atoms with Gasteiger partial charge in [0.15, 0.2) is 0 Å². The Hall–Kier alpha value is -1.31. The summed E-state index contributed by atoms with van der Waals surface area (Å²) >= 11 is 0. The van der Waals surface area contributed by atoms with Crippen LogP contribution >= 0.6 is 0 Å². The number of unbranched alkanes of at least 4 members (excludes halogenated alkanes) is 6. The molecule has 1 aromatic carbocycles. The zero-order valence-electron chi connectivity index (χ0n) is 14.1. The molecule has 0 spiro atoms. The molecule has 2 heteroatoms. The molecule has 0 saturated carbocycles. The van der Waals surface area contributed by atoms with Gasteiger partial charge in [-0.2, -0.15) is 0 Å². The number of hydrogen-bond donors (Lipinski definition) is 1. The van der Waals surface area contributed by atoms with Crippen LogP contribution in [0.25, 0.3) is 0 Å². The standard InChI is InChI=1S/C20H32O2/c1-2-3-8-13-18(19-15-10-7-11-16-19)14-9-5-4-6-12-17-20(21)22/h7,10-11,15-16,18H,2-6,8-9,12-14,17H2,1H3,(H,21,22). The molecule has 1 rings (SSSR count). The van der Waals surface area contributed by atoms with E-state index >= 15 is 0 Å². The van der Waals surface area contributed by atoms with Crippen LogP contribution in [0.4, 0.5) is 0 Å². The van der Waals surface area contributed by atoms with Gasteiger partial charge in [-0.05, 0) is 30.7 Å². The lowest BCUT2D eigenvalue weighted by Gasteiger charge is -2.17. The number of hydrogen-bond acceptors (Lipinski definition) is 1. The lowest BCUT2D eigenvalue weighted by Crippen LogP contribution is -1.99. The Labute approximate surface area is 135 Å². The number of carbonyl (C=O) groups is 1. The van der Waals surface area contributed by atoms with E-state index in [-0.39, 0.29) is 0 Å². The van der Waals surface area contributed by atoms with E-state index in [1.54, 1.807) is 0 Å². The van der Waals surface area contributed by atoms with Crippen molar-refractivity contribution in [2.45, 2.75) is 83.5 Å². The van der Waals surface area contributed by atoms with Gasteiger partial charge in [-0.15, -0.1) is 0 Å². The van der Waals surface area contributed by atoms with Crippen LogP contribution in [0.15, 0.2) is 30.3 Å². The average molecular weight is 304 g/mol. The van der Waals surface area contributed by atoms with Crippen molar-refractivity contribution in [1.82, 2.24) is 0 Å². The van der Waals surface area contributed by atoms with Crippen molar-refractivity contribution in [3.05, 3.63) is 35.9 Å². The molecular formula is C20H32O2. The highest BCUT2D eigenvalue weighted by Gasteiger charge is 2.10. The van der Waals surface area contributed by atoms with Gasteiger partial charge in [0.1, 0.15) is 0 Å². The highest BCUT2D eigenvalue weighted by atomic mass is 16.4. The second kappa shape index (κ2) is 12.3. The first-order chi connectivity index (χ1) is 10.7. The molecule has 124 valence electrons. The third kappa shape index (κ3) is 8.86. The highest BCUT2D eigenvalue weighted by Crippen LogP contribution is 2.28. The maximum atomic E-state index is 10.5. The molecule has 0 aliphatic rings. The topological polar surface area (TPSA) is 37.3 Å². The van der Waals surface area contributed by atoms with E-state index in [9.17, 15) is 4.79 Å². The summed E-state index contributed by atoms with van der Waals surface area (Å²) in [5, 5.41) is 8.62. The fourth-order valence-corrected chi connectivity index (χ4v) is 3.04. The summed E-state index contributed by atoms with van der Waals surface area (Å²) in [6.45, 7) is 2.26. The summed E-state index contributed by atoms with van der Waals surface area (Å²) < 4.78 is 0. The van der Waals surface area contributed by atoms with Crippen LogP contribution in [0.2, 0.25) is 0 Å². The minimum absolute atomic E-state index is 0.323. The van der Waals surface area contributed by atoms with E-state index in [0.717, 1.165) is 12.8 Å². The van der Waals surface area contributed by atoms with Crippen molar-refractivity contribution in [3.8, 4) is 0 Å². The number of rotatable bonds is 13. The minimum atomic E-state index is -0.667. The van der Waals surface area contributed by atoms with E-state index in [0.29, 0.717) is 12.3 Å². The van der Waals surface area contributed by atoms with Crippen LogP contribution in [0.3, 0.4) is 0 Å². The molecule has 0 saturated heterocycles. The van der Waals surface area contributed by atoms with Gasteiger partial charge < -0.3 is 5.11 Å². The molecule has 22 heavy (non-hydrogen) atoms. The number of benzene rings is 1. The number of carboxylic acid groups (broad SMARTS) is 1. The first-order valence-electron chi connectivity index (χ1n) is 9.00. The summed E-state index contributed by atoms with van der Waals surface area (Å²) in [4.78, 5) is 10.5. The highest BCUT2D eigenvalue weighted by molar-refractivity contribution is 5.66. The predicted molar refractivity (Wildman–Crippen MR) is 93.3 cm³/mol. The van der Waals surface area contributed by atoms with Gasteiger partial charge in [0, 0.05) is 6.42 Å². The smallest absolute Gasteiger partial charge is 0.303 e. The van der Waals surface area contributed by atoms with Gasteiger partial charge in [0.25, 0.3) is 0 Å². The third-order valence-corrected chi connectivity index (χ3v) is 4.37. The molecular weight excluding hydrogens is 272 g/mol. The van der Waals surface area contributed by atoms with Gasteiger partial charge in [-0.1, -0.05) is 82.2 Å². The second-order valence-electron chi connectivity index (χ2n) is 6.30. The van der Waals surface area contributed by atoms with Crippen LogP contribution in [0.5, 0.6) is 0 Å². The fraction of sp³-hybridized carbons (Fsp3) is 0.650. The largest absolute Gasteiger partial charge is 0.481 e. The molecule has 0 heterocycles. The third-order valence-electron chi connectivity index (χ3n) is 4.37. The molecule has 0 amide bonds. The zero-order chi connectivity index (χ0) is 16.0. The van der Waals surface area contributed by atoms with E-state index in [2.05, 4.69) is 37.3 Å². The van der Waals surface area contributed by atoms with Crippen molar-refractivity contribution >= 4 is 5.97 Å². The van der Waals surface area contributed by atoms with Gasteiger partial charge >= 0.3 is 5.97 Å². The van der Waals surface area contributed by atoms with Crippen molar-refractivity contribution in [2.24, 2.45) is 0 Å². The fourth-order valence-electron chi connectivity index (χ4n) is 3.04. The van der Waals surface area contributed by atoms with Crippen LogP contribution in [0.1, 0.15) is 89.0 Å². The van der Waals surface area contributed by atoms with Crippen molar-refractivity contribution in [1.29, 1.82) is 0 Å². The Morgan fingerprint density at radius 3 is 2.14 bits per heavy atom. The Morgan fingerprint density at radius 2 is 1.50 bits per heavy atom. The van der Waals surface area contributed by atoms with E-state index < -0.39 is 5.97 Å². The Morgan fingerprint density at radius 1 is 0.909 bits per heavy atom. The first kappa shape index (κ1) is 18.7. The van der Waals surface area contributed by atoms with Crippen molar-refractivity contribution in [2.75, 3.05) is 0 Å². The quantitative estimate of drug-likeness (QED) is 0.443. The van der Waals surface area contributed by atoms with Crippen molar-refractivity contribution < 1.29 is 9.90 Å². The lowest BCUT2D eigenvalue weighted by atomic mass is 9.88. The second-order valence-corrected chi connectivity index (χ2v) is 6.30. The van der Waals surface area contributed by atoms with Crippen LogP contribution < -0.4 is 0 Å². The molecule has 0 aliphatic heterocycles. The SMILES string of the molecule is CCCCCC(CCCCCCCC(=O)O)c1ccccc1. The Kier molecular flexibility index (Phi) is 10.4. The number of carboxylic acids is 1. The monoisotopic (exact) mass is 304 g/mol. The average Bonchev–Trinajstić information content (AvgIpc) is 2.53. The van der Waals surface area contributed by atoms with E-state index in [4.69, 9.17) is 5.11 Å². The van der Waals surface area contributed by atoms with Gasteiger partial charge in [0.05, 0.1) is 0 Å². The van der Waals surface area contributed by atoms with Gasteiger partial charge in [0.2, 0.25) is 0 Å². The zero-order valence-corrected chi connectivity index (χ0v) is 14.1. The van der Waals surface area contributed by atoms with Crippen molar-refractivity contribution in [3.63, 3.8) is 0 Å². The normalized spacial score (nSPS) is 12.2. The van der Waals surface area contributed by atoms with Crippen LogP contribution in [-0.2, 0) is 4.79 Å². The molecule has 1 unspecified atom stereocenters. The predicted octanol–water partition coefficient (Wildman–Crippen LogP) is 6.17. The maximum absolute atomic E-state index is 10.5. The minimum Gasteiger partial charge on any atom is -0.481 e. The lowest BCUT2D eigenvalue weighted by molar-refractivity contribution is -0.137. The molecule has 0 aromatic heterocycles. The van der Waals surface area contributed by atoms with Crippen LogP contribution in [0, 0.1) is 0 Å². The summed E-state index contributed by atoms with van der Waals surface area (Å²) in [6, 6.07) is 10.9. The molecule has 1 aromatic rings. The van der Waals surface area contributed by atoms with E-state index in [1.165, 1.54) is 56.9 Å². The molecule has 0 bridgehead atoms. The summed E-state index contributed by atoms with van der Waals surface area (Å²) in [5.41, 5.74) is 1.49. The summed E-state index contributed by atoms with van der Waals surface area (Å²) in [5.74, 6) is 0.0341. The molecule has 0 aliphatic carbocycles. The van der Waals surface area contributed by atoms with Gasteiger partial charge in [-0.3, -0.25) is 4.79 Å². The molecule has 1 N–H and O–H groups in total. The van der Waals surface area contributed by atoms with Crippen LogP contribution in [-0.4, -0.2) is 11.1 Å².